The molecule has 0 spiro atoms. The average Bonchev–Trinajstić information content (AvgIpc) is 3.12. The molecule has 6 heteroatoms. The highest BCUT2D eigenvalue weighted by molar-refractivity contribution is 7.18. The van der Waals surface area contributed by atoms with E-state index >= 15 is 0 Å². The number of aryl methyl sites for hydroxylation is 1. The highest BCUT2D eigenvalue weighted by Crippen LogP contribution is 2.30. The number of ether oxygens (including phenoxy) is 2. The van der Waals surface area contributed by atoms with Crippen LogP contribution in [0, 0.1) is 6.92 Å². The second kappa shape index (κ2) is 8.49. The molecule has 2 heterocycles. The van der Waals surface area contributed by atoms with E-state index in [1.165, 1.54) is 10.4 Å². The van der Waals surface area contributed by atoms with E-state index in [-0.39, 0.29) is 0 Å². The summed E-state index contributed by atoms with van der Waals surface area (Å²) in [5, 5.41) is 4.54. The first kappa shape index (κ1) is 19.2. The van der Waals surface area contributed by atoms with Crippen LogP contribution in [0.1, 0.15) is 21.8 Å². The molecule has 0 atom stereocenters. The topological polar surface area (TPSA) is 56.3 Å². The molecule has 148 valence electrons. The maximum absolute atomic E-state index is 5.52. The molecular formula is C23H23N3O2S. The number of aromatic nitrogens is 2. The molecule has 0 fully saturated rings. The minimum absolute atomic E-state index is 0.596. The third-order valence-electron chi connectivity index (χ3n) is 4.71. The van der Waals surface area contributed by atoms with Gasteiger partial charge in [-0.05, 0) is 30.7 Å². The monoisotopic (exact) mass is 405 g/mol. The first-order chi connectivity index (χ1) is 14.2. The molecule has 2 aromatic carbocycles. The van der Waals surface area contributed by atoms with Crippen molar-refractivity contribution in [3.8, 4) is 11.5 Å². The number of methoxy groups -OCH3 is 2. The summed E-state index contributed by atoms with van der Waals surface area (Å²) in [5.74, 6) is 3.22. The van der Waals surface area contributed by atoms with E-state index in [4.69, 9.17) is 19.4 Å². The summed E-state index contributed by atoms with van der Waals surface area (Å²) in [6.45, 7) is 2.69. The van der Waals surface area contributed by atoms with Crippen molar-refractivity contribution in [1.82, 2.24) is 9.97 Å². The van der Waals surface area contributed by atoms with E-state index < -0.39 is 0 Å². The van der Waals surface area contributed by atoms with Gasteiger partial charge in [0.05, 0.1) is 19.6 Å². The van der Waals surface area contributed by atoms with Crippen molar-refractivity contribution in [3.05, 3.63) is 76.4 Å². The van der Waals surface area contributed by atoms with Gasteiger partial charge in [-0.1, -0.05) is 30.3 Å². The normalized spacial score (nSPS) is 10.9. The van der Waals surface area contributed by atoms with E-state index in [1.54, 1.807) is 25.6 Å². The second-order valence-corrected chi connectivity index (χ2v) is 7.99. The minimum Gasteiger partial charge on any atom is -0.497 e. The van der Waals surface area contributed by atoms with Crippen molar-refractivity contribution in [2.45, 2.75) is 19.9 Å². The van der Waals surface area contributed by atoms with Crippen LogP contribution in [0.4, 0.5) is 5.82 Å². The molecule has 0 radical (unpaired) electrons. The smallest absolute Gasteiger partial charge is 0.138 e. The van der Waals surface area contributed by atoms with Gasteiger partial charge in [0.2, 0.25) is 0 Å². The summed E-state index contributed by atoms with van der Waals surface area (Å²) in [5.41, 5.74) is 2.24. The summed E-state index contributed by atoms with van der Waals surface area (Å²) >= 11 is 1.69. The van der Waals surface area contributed by atoms with Crippen molar-refractivity contribution in [2.75, 3.05) is 19.5 Å². The van der Waals surface area contributed by atoms with Gasteiger partial charge >= 0.3 is 0 Å². The molecule has 0 saturated heterocycles. The quantitative estimate of drug-likeness (QED) is 0.457. The maximum Gasteiger partial charge on any atom is 0.138 e. The Morgan fingerprint density at radius 3 is 2.55 bits per heavy atom. The van der Waals surface area contributed by atoms with Crippen molar-refractivity contribution >= 4 is 27.4 Å². The van der Waals surface area contributed by atoms with Crippen molar-refractivity contribution in [1.29, 1.82) is 0 Å². The third kappa shape index (κ3) is 4.32. The molecule has 0 bridgehead atoms. The Bertz CT molecular complexity index is 1130. The number of thiophene rings is 1. The summed E-state index contributed by atoms with van der Waals surface area (Å²) in [6.07, 6.45) is 0.703. The summed E-state index contributed by atoms with van der Waals surface area (Å²) in [6, 6.07) is 18.3. The number of benzene rings is 2. The molecule has 0 aliphatic rings. The second-order valence-electron chi connectivity index (χ2n) is 6.76. The largest absolute Gasteiger partial charge is 0.497 e. The molecule has 4 rings (SSSR count). The lowest BCUT2D eigenvalue weighted by Gasteiger charge is -2.13. The molecule has 1 N–H and O–H groups in total. The van der Waals surface area contributed by atoms with Gasteiger partial charge in [0.15, 0.2) is 0 Å². The summed E-state index contributed by atoms with van der Waals surface area (Å²) < 4.78 is 10.8. The SMILES string of the molecule is COc1ccc(CNc2nc(Cc3ccccc3)nc3sc(C)cc23)c(OC)c1. The van der Waals surface area contributed by atoms with E-state index in [1.807, 2.05) is 36.4 Å². The molecule has 5 nitrogen and oxygen atoms in total. The maximum atomic E-state index is 5.52. The van der Waals surface area contributed by atoms with Crippen LogP contribution >= 0.6 is 11.3 Å². The lowest BCUT2D eigenvalue weighted by molar-refractivity contribution is 0.391. The van der Waals surface area contributed by atoms with Crippen molar-refractivity contribution in [2.24, 2.45) is 0 Å². The number of rotatable bonds is 7. The number of nitrogens with zero attached hydrogens (tertiary/aromatic N) is 2. The number of anilines is 1. The fourth-order valence-corrected chi connectivity index (χ4v) is 4.15. The molecule has 4 aromatic rings. The van der Waals surface area contributed by atoms with Gasteiger partial charge in [0, 0.05) is 29.5 Å². The zero-order valence-corrected chi connectivity index (χ0v) is 17.5. The van der Waals surface area contributed by atoms with Crippen LogP contribution in [-0.2, 0) is 13.0 Å². The molecule has 0 aliphatic carbocycles. The van der Waals surface area contributed by atoms with Gasteiger partial charge in [-0.25, -0.2) is 9.97 Å². The Hall–Kier alpha value is -3.12. The van der Waals surface area contributed by atoms with Gasteiger partial charge in [0.25, 0.3) is 0 Å². The molecule has 0 unspecified atom stereocenters. The van der Waals surface area contributed by atoms with Gasteiger partial charge < -0.3 is 14.8 Å². The van der Waals surface area contributed by atoms with Gasteiger partial charge in [-0.15, -0.1) is 11.3 Å². The lowest BCUT2D eigenvalue weighted by atomic mass is 10.1. The molecule has 0 amide bonds. The molecule has 29 heavy (non-hydrogen) atoms. The van der Waals surface area contributed by atoms with E-state index in [0.29, 0.717) is 13.0 Å². The fourth-order valence-electron chi connectivity index (χ4n) is 3.26. The number of hydrogen-bond acceptors (Lipinski definition) is 6. The minimum atomic E-state index is 0.596. The van der Waals surface area contributed by atoms with Crippen LogP contribution in [0.2, 0.25) is 0 Å². The van der Waals surface area contributed by atoms with Crippen LogP contribution < -0.4 is 14.8 Å². The fraction of sp³-hybridized carbons (Fsp3) is 0.217. The average molecular weight is 406 g/mol. The van der Waals surface area contributed by atoms with Gasteiger partial charge in [-0.3, -0.25) is 0 Å². The van der Waals surface area contributed by atoms with Gasteiger partial charge in [0.1, 0.15) is 28.0 Å². The Morgan fingerprint density at radius 2 is 1.79 bits per heavy atom. The number of fused-ring (bicyclic) bond motifs is 1. The van der Waals surface area contributed by atoms with E-state index in [2.05, 4.69) is 30.4 Å². The highest BCUT2D eigenvalue weighted by Gasteiger charge is 2.12. The lowest BCUT2D eigenvalue weighted by Crippen LogP contribution is -2.06. The van der Waals surface area contributed by atoms with Crippen LogP contribution in [-0.4, -0.2) is 24.2 Å². The van der Waals surface area contributed by atoms with Crippen LogP contribution in [0.15, 0.2) is 54.6 Å². The molecule has 0 aliphatic heterocycles. The standard InChI is InChI=1S/C23H23N3O2S/c1-15-11-19-22(24-14-17-9-10-18(27-2)13-20(17)28-3)25-21(26-23(19)29-15)12-16-7-5-4-6-8-16/h4-11,13H,12,14H2,1-3H3,(H,24,25,26). The van der Waals surface area contributed by atoms with Crippen molar-refractivity contribution in [3.63, 3.8) is 0 Å². The van der Waals surface area contributed by atoms with E-state index in [0.717, 1.165) is 38.9 Å². The zero-order chi connectivity index (χ0) is 20.2. The van der Waals surface area contributed by atoms with Crippen LogP contribution in [0.25, 0.3) is 10.2 Å². The first-order valence-corrected chi connectivity index (χ1v) is 10.2. The van der Waals surface area contributed by atoms with Crippen LogP contribution in [0.3, 0.4) is 0 Å². The summed E-state index contributed by atoms with van der Waals surface area (Å²) in [4.78, 5) is 11.8. The molecule has 2 aromatic heterocycles. The number of hydrogen-bond donors (Lipinski definition) is 1. The Balaban J connectivity index is 1.64. The number of nitrogens with one attached hydrogen (secondary N) is 1. The van der Waals surface area contributed by atoms with Crippen molar-refractivity contribution < 1.29 is 9.47 Å². The third-order valence-corrected chi connectivity index (χ3v) is 5.65. The Labute approximate surface area is 174 Å². The Morgan fingerprint density at radius 1 is 0.966 bits per heavy atom. The van der Waals surface area contributed by atoms with Crippen LogP contribution in [0.5, 0.6) is 11.5 Å². The summed E-state index contributed by atoms with van der Waals surface area (Å²) in [7, 11) is 3.32. The predicted octanol–water partition coefficient (Wildman–Crippen LogP) is 5.22. The Kier molecular flexibility index (Phi) is 5.62. The first-order valence-electron chi connectivity index (χ1n) is 9.42. The highest BCUT2D eigenvalue weighted by atomic mass is 32.1. The zero-order valence-electron chi connectivity index (χ0n) is 16.7. The predicted molar refractivity (Wildman–Crippen MR) is 118 cm³/mol. The van der Waals surface area contributed by atoms with E-state index in [9.17, 15) is 0 Å². The molecular weight excluding hydrogens is 382 g/mol. The molecule has 0 saturated carbocycles. The van der Waals surface area contributed by atoms with Gasteiger partial charge in [-0.2, -0.15) is 0 Å².